The van der Waals surface area contributed by atoms with Crippen molar-refractivity contribution in [1.82, 2.24) is 10.3 Å². The number of benzene rings is 4. The van der Waals surface area contributed by atoms with Gasteiger partial charge in [-0.05, 0) is 78.3 Å². The molecular weight excluding hydrogens is 482 g/mol. The van der Waals surface area contributed by atoms with Crippen LogP contribution >= 0.6 is 12.2 Å². The third-order valence-electron chi connectivity index (χ3n) is 5.83. The van der Waals surface area contributed by atoms with Crippen LogP contribution in [0.3, 0.4) is 0 Å². The summed E-state index contributed by atoms with van der Waals surface area (Å²) in [5, 5.41) is 5.94. The Bertz CT molecular complexity index is 1550. The molecule has 5 rings (SSSR count). The quantitative estimate of drug-likeness (QED) is 0.237. The lowest BCUT2D eigenvalue weighted by Crippen LogP contribution is -2.34. The first-order chi connectivity index (χ1) is 18.1. The molecule has 2 N–H and O–H groups in total. The lowest BCUT2D eigenvalue weighted by Gasteiger charge is -2.11. The number of carbonyl (C=O) groups excluding carboxylic acids is 1. The number of fused-ring (bicyclic) bond motifs is 1. The molecule has 4 aromatic carbocycles. The molecule has 6 nitrogen and oxygen atoms in total. The Kier molecular flexibility index (Phi) is 7.23. The van der Waals surface area contributed by atoms with Gasteiger partial charge in [0, 0.05) is 16.8 Å². The molecule has 184 valence electrons. The summed E-state index contributed by atoms with van der Waals surface area (Å²) in [6.45, 7) is 2.54. The molecule has 0 fully saturated rings. The summed E-state index contributed by atoms with van der Waals surface area (Å²) in [5.41, 5.74) is 5.72. The number of hydrogen-bond donors (Lipinski definition) is 2. The summed E-state index contributed by atoms with van der Waals surface area (Å²) < 4.78 is 11.7. The van der Waals surface area contributed by atoms with Gasteiger partial charge >= 0.3 is 0 Å². The van der Waals surface area contributed by atoms with Crippen LogP contribution in [-0.4, -0.2) is 16.0 Å². The van der Waals surface area contributed by atoms with Gasteiger partial charge in [0.15, 0.2) is 10.7 Å². The second-order valence-corrected chi connectivity index (χ2v) is 8.87. The molecule has 0 aliphatic rings. The Morgan fingerprint density at radius 1 is 0.919 bits per heavy atom. The van der Waals surface area contributed by atoms with Crippen molar-refractivity contribution >= 4 is 40.0 Å². The normalized spacial score (nSPS) is 10.7. The van der Waals surface area contributed by atoms with Crippen LogP contribution in [0.25, 0.3) is 22.6 Å². The molecule has 0 aliphatic heterocycles. The standard InChI is InChI=1S/C30H25N3O3S/c1-2-20-11-13-22(14-12-20)29-32-26-18-24(15-16-27(26)36-29)31-30(37)33-28(34)23-9-6-10-25(17-23)35-19-21-7-4-3-5-8-21/h3-18H,2,19H2,1H3,(H2,31,33,34,37). The molecule has 0 unspecified atom stereocenters. The van der Waals surface area contributed by atoms with E-state index in [1.54, 1.807) is 18.2 Å². The number of hydrogen-bond acceptors (Lipinski definition) is 5. The molecule has 1 amide bonds. The maximum Gasteiger partial charge on any atom is 0.257 e. The first kappa shape index (κ1) is 24.2. The Balaban J connectivity index is 1.21. The molecule has 7 heteroatoms. The van der Waals surface area contributed by atoms with Crippen molar-refractivity contribution in [1.29, 1.82) is 0 Å². The van der Waals surface area contributed by atoms with E-state index in [9.17, 15) is 4.79 Å². The fourth-order valence-corrected chi connectivity index (χ4v) is 4.03. The van der Waals surface area contributed by atoms with Gasteiger partial charge in [-0.3, -0.25) is 10.1 Å². The summed E-state index contributed by atoms with van der Waals surface area (Å²) in [6.07, 6.45) is 0.979. The highest BCUT2D eigenvalue weighted by Gasteiger charge is 2.12. The minimum Gasteiger partial charge on any atom is -0.489 e. The van der Waals surface area contributed by atoms with Crippen molar-refractivity contribution in [3.05, 3.63) is 114 Å². The summed E-state index contributed by atoms with van der Waals surface area (Å²) in [6, 6.07) is 30.5. The second-order valence-electron chi connectivity index (χ2n) is 8.46. The molecule has 0 atom stereocenters. The van der Waals surface area contributed by atoms with Crippen molar-refractivity contribution in [3.63, 3.8) is 0 Å². The number of aryl methyl sites for hydroxylation is 1. The van der Waals surface area contributed by atoms with E-state index in [4.69, 9.17) is 21.4 Å². The third kappa shape index (κ3) is 6.02. The van der Waals surface area contributed by atoms with Gasteiger partial charge < -0.3 is 14.5 Å². The fourth-order valence-electron chi connectivity index (χ4n) is 3.82. The molecule has 0 aliphatic carbocycles. The fraction of sp³-hybridized carbons (Fsp3) is 0.100. The van der Waals surface area contributed by atoms with Crippen LogP contribution in [0, 0.1) is 0 Å². The smallest absolute Gasteiger partial charge is 0.257 e. The monoisotopic (exact) mass is 507 g/mol. The number of nitrogens with one attached hydrogen (secondary N) is 2. The van der Waals surface area contributed by atoms with E-state index in [1.807, 2.05) is 66.7 Å². The van der Waals surface area contributed by atoms with E-state index in [-0.39, 0.29) is 11.0 Å². The van der Waals surface area contributed by atoms with Gasteiger partial charge in [-0.15, -0.1) is 0 Å². The average Bonchev–Trinajstić information content (AvgIpc) is 3.36. The highest BCUT2D eigenvalue weighted by atomic mass is 32.1. The van der Waals surface area contributed by atoms with Crippen molar-refractivity contribution in [2.45, 2.75) is 20.0 Å². The van der Waals surface area contributed by atoms with Crippen molar-refractivity contribution < 1.29 is 13.9 Å². The van der Waals surface area contributed by atoms with Gasteiger partial charge in [-0.25, -0.2) is 4.98 Å². The Hall–Kier alpha value is -4.49. The lowest BCUT2D eigenvalue weighted by molar-refractivity contribution is 0.0977. The second kappa shape index (κ2) is 11.1. The van der Waals surface area contributed by atoms with Crippen LogP contribution in [0.15, 0.2) is 101 Å². The third-order valence-corrected chi connectivity index (χ3v) is 6.03. The van der Waals surface area contributed by atoms with Crippen LogP contribution in [0.1, 0.15) is 28.4 Å². The summed E-state index contributed by atoms with van der Waals surface area (Å²) in [5.74, 6) is 0.829. The van der Waals surface area contributed by atoms with E-state index < -0.39 is 0 Å². The van der Waals surface area contributed by atoms with Crippen LogP contribution < -0.4 is 15.4 Å². The van der Waals surface area contributed by atoms with Crippen LogP contribution in [0.4, 0.5) is 5.69 Å². The largest absolute Gasteiger partial charge is 0.489 e. The predicted molar refractivity (Wildman–Crippen MR) is 150 cm³/mol. The molecule has 0 bridgehead atoms. The molecule has 37 heavy (non-hydrogen) atoms. The van der Waals surface area contributed by atoms with Crippen LogP contribution in [-0.2, 0) is 13.0 Å². The predicted octanol–water partition coefficient (Wildman–Crippen LogP) is 6.76. The minimum absolute atomic E-state index is 0.179. The van der Waals surface area contributed by atoms with Crippen LogP contribution in [0.5, 0.6) is 5.75 Å². The van der Waals surface area contributed by atoms with E-state index in [2.05, 4.69) is 34.7 Å². The van der Waals surface area contributed by atoms with Crippen molar-refractivity contribution in [2.75, 3.05) is 5.32 Å². The number of aromatic nitrogens is 1. The number of amides is 1. The SMILES string of the molecule is CCc1ccc(-c2nc3cc(NC(=S)NC(=O)c4cccc(OCc5ccccc5)c4)ccc3o2)cc1. The number of anilines is 1. The van der Waals surface area contributed by atoms with Crippen molar-refractivity contribution in [2.24, 2.45) is 0 Å². The number of carbonyl (C=O) groups is 1. The first-order valence-electron chi connectivity index (χ1n) is 12.0. The molecule has 0 saturated heterocycles. The topological polar surface area (TPSA) is 76.4 Å². The summed E-state index contributed by atoms with van der Waals surface area (Å²) in [4.78, 5) is 17.4. The number of ether oxygens (including phenoxy) is 1. The van der Waals surface area contributed by atoms with Crippen molar-refractivity contribution in [3.8, 4) is 17.2 Å². The average molecular weight is 508 g/mol. The van der Waals surface area contributed by atoms with Gasteiger partial charge in [-0.2, -0.15) is 0 Å². The number of rotatable bonds is 7. The maximum absolute atomic E-state index is 12.8. The molecule has 0 radical (unpaired) electrons. The first-order valence-corrected chi connectivity index (χ1v) is 12.4. The molecule has 1 aromatic heterocycles. The molecule has 0 spiro atoms. The zero-order valence-corrected chi connectivity index (χ0v) is 21.0. The summed E-state index contributed by atoms with van der Waals surface area (Å²) >= 11 is 5.37. The van der Waals surface area contributed by atoms with E-state index in [0.29, 0.717) is 40.6 Å². The van der Waals surface area contributed by atoms with Gasteiger partial charge in [-0.1, -0.05) is 55.5 Å². The van der Waals surface area contributed by atoms with E-state index >= 15 is 0 Å². The Morgan fingerprint density at radius 2 is 1.73 bits per heavy atom. The van der Waals surface area contributed by atoms with Gasteiger partial charge in [0.25, 0.3) is 5.91 Å². The highest BCUT2D eigenvalue weighted by Crippen LogP contribution is 2.26. The minimum atomic E-state index is -0.331. The summed E-state index contributed by atoms with van der Waals surface area (Å²) in [7, 11) is 0. The number of nitrogens with zero attached hydrogens (tertiary/aromatic N) is 1. The highest BCUT2D eigenvalue weighted by molar-refractivity contribution is 7.80. The molecule has 0 saturated carbocycles. The van der Waals surface area contributed by atoms with Gasteiger partial charge in [0.2, 0.25) is 5.89 Å². The molecule has 1 heterocycles. The number of oxazole rings is 1. The van der Waals surface area contributed by atoms with Gasteiger partial charge in [0.05, 0.1) is 0 Å². The maximum atomic E-state index is 12.8. The lowest BCUT2D eigenvalue weighted by atomic mass is 10.1. The van der Waals surface area contributed by atoms with E-state index in [0.717, 1.165) is 17.5 Å². The van der Waals surface area contributed by atoms with Gasteiger partial charge in [0.1, 0.15) is 17.9 Å². The molecular formula is C30H25N3O3S. The molecule has 5 aromatic rings. The van der Waals surface area contributed by atoms with Crippen LogP contribution in [0.2, 0.25) is 0 Å². The Labute approximate surface area is 220 Å². The Morgan fingerprint density at radius 3 is 2.51 bits per heavy atom. The zero-order chi connectivity index (χ0) is 25.6. The van der Waals surface area contributed by atoms with E-state index in [1.165, 1.54) is 5.56 Å². The number of thiocarbonyl (C=S) groups is 1. The zero-order valence-electron chi connectivity index (χ0n) is 20.2.